The van der Waals surface area contributed by atoms with Gasteiger partial charge < -0.3 is 10.1 Å². The Morgan fingerprint density at radius 1 is 1.15 bits per heavy atom. The van der Waals surface area contributed by atoms with E-state index in [9.17, 15) is 0 Å². The molecule has 0 aliphatic carbocycles. The minimum Gasteiger partial charge on any atom is -0.494 e. The average Bonchev–Trinajstić information content (AvgIpc) is 2.88. The molecular formula is C17H23NOS. The fourth-order valence-corrected chi connectivity index (χ4v) is 3.24. The van der Waals surface area contributed by atoms with E-state index in [1.165, 1.54) is 15.3 Å². The van der Waals surface area contributed by atoms with Crippen LogP contribution >= 0.6 is 11.3 Å². The zero-order chi connectivity index (χ0) is 14.4. The molecule has 0 aliphatic rings. The lowest BCUT2D eigenvalue weighted by atomic mass is 10.0. The first-order valence-corrected chi connectivity index (χ1v) is 8.09. The highest BCUT2D eigenvalue weighted by Crippen LogP contribution is 2.33. The second kappa shape index (κ2) is 7.46. The Balaban J connectivity index is 2.35. The first-order chi connectivity index (χ1) is 9.76. The van der Waals surface area contributed by atoms with Gasteiger partial charge in [0.05, 0.1) is 12.6 Å². The molecule has 0 saturated heterocycles. The highest BCUT2D eigenvalue weighted by molar-refractivity contribution is 7.12. The van der Waals surface area contributed by atoms with Crippen molar-refractivity contribution < 1.29 is 4.74 Å². The van der Waals surface area contributed by atoms with Crippen LogP contribution in [0.15, 0.2) is 36.4 Å². The predicted octanol–water partition coefficient (Wildman–Crippen LogP) is 4.54. The maximum atomic E-state index is 5.79. The zero-order valence-electron chi connectivity index (χ0n) is 12.5. The van der Waals surface area contributed by atoms with Crippen molar-refractivity contribution in [2.45, 2.75) is 33.2 Å². The maximum Gasteiger partial charge on any atom is 0.124 e. The molecule has 2 nitrogen and oxygen atoms in total. The Bertz CT molecular complexity index is 535. The molecule has 0 radical (unpaired) electrons. The molecule has 1 aromatic carbocycles. The van der Waals surface area contributed by atoms with Crippen LogP contribution in [0.1, 0.15) is 41.6 Å². The van der Waals surface area contributed by atoms with Gasteiger partial charge in [-0.2, -0.15) is 0 Å². The van der Waals surface area contributed by atoms with E-state index in [0.29, 0.717) is 6.61 Å². The number of ether oxygens (including phenoxy) is 1. The molecule has 1 N–H and O–H groups in total. The summed E-state index contributed by atoms with van der Waals surface area (Å²) < 4.78 is 5.79. The molecule has 1 atom stereocenters. The summed E-state index contributed by atoms with van der Waals surface area (Å²) in [5.74, 6) is 0.981. The van der Waals surface area contributed by atoms with Gasteiger partial charge in [0.2, 0.25) is 0 Å². The summed E-state index contributed by atoms with van der Waals surface area (Å²) in [6.07, 6.45) is 1.12. The van der Waals surface area contributed by atoms with Gasteiger partial charge in [-0.1, -0.05) is 25.1 Å². The maximum absolute atomic E-state index is 5.79. The lowest BCUT2D eigenvalue weighted by molar-refractivity contribution is 0.333. The van der Waals surface area contributed by atoms with Gasteiger partial charge >= 0.3 is 0 Å². The van der Waals surface area contributed by atoms with Gasteiger partial charge in [-0.3, -0.25) is 0 Å². The normalized spacial score (nSPS) is 12.3. The van der Waals surface area contributed by atoms with Crippen LogP contribution < -0.4 is 10.1 Å². The lowest BCUT2D eigenvalue weighted by Crippen LogP contribution is -2.23. The SMILES string of the molecule is CCCNC(c1ccc(C)s1)c1ccccc1OCC. The van der Waals surface area contributed by atoms with Crippen LogP contribution in [0.3, 0.4) is 0 Å². The molecule has 0 aliphatic heterocycles. The van der Waals surface area contributed by atoms with Gasteiger partial charge in [-0.15, -0.1) is 11.3 Å². The molecule has 2 rings (SSSR count). The third-order valence-electron chi connectivity index (χ3n) is 3.17. The molecule has 0 bridgehead atoms. The topological polar surface area (TPSA) is 21.3 Å². The average molecular weight is 289 g/mol. The number of para-hydroxylation sites is 1. The molecule has 1 heterocycles. The second-order valence-electron chi connectivity index (χ2n) is 4.81. The number of benzene rings is 1. The summed E-state index contributed by atoms with van der Waals surface area (Å²) in [7, 11) is 0. The van der Waals surface area contributed by atoms with E-state index in [1.807, 2.05) is 24.3 Å². The third-order valence-corrected chi connectivity index (χ3v) is 4.24. The number of thiophene rings is 1. The van der Waals surface area contributed by atoms with Crippen molar-refractivity contribution in [3.63, 3.8) is 0 Å². The minimum atomic E-state index is 0.219. The molecule has 0 amide bonds. The summed E-state index contributed by atoms with van der Waals surface area (Å²) in [6, 6.07) is 13.0. The van der Waals surface area contributed by atoms with Crippen molar-refractivity contribution in [3.8, 4) is 5.75 Å². The summed E-state index contributed by atoms with van der Waals surface area (Å²) >= 11 is 1.85. The highest BCUT2D eigenvalue weighted by atomic mass is 32.1. The van der Waals surface area contributed by atoms with E-state index in [1.54, 1.807) is 0 Å². The summed E-state index contributed by atoms with van der Waals surface area (Å²) in [6.45, 7) is 8.07. The summed E-state index contributed by atoms with van der Waals surface area (Å²) in [4.78, 5) is 2.69. The van der Waals surface area contributed by atoms with Crippen molar-refractivity contribution in [1.29, 1.82) is 0 Å². The lowest BCUT2D eigenvalue weighted by Gasteiger charge is -2.20. The van der Waals surface area contributed by atoms with Crippen LogP contribution in [-0.2, 0) is 0 Å². The highest BCUT2D eigenvalue weighted by Gasteiger charge is 2.18. The first-order valence-electron chi connectivity index (χ1n) is 7.27. The Labute approximate surface area is 125 Å². The minimum absolute atomic E-state index is 0.219. The van der Waals surface area contributed by atoms with Crippen LogP contribution in [0, 0.1) is 6.92 Å². The van der Waals surface area contributed by atoms with Crippen LogP contribution in [0.4, 0.5) is 0 Å². The van der Waals surface area contributed by atoms with Crippen molar-refractivity contribution >= 4 is 11.3 Å². The molecule has 1 unspecified atom stereocenters. The number of nitrogens with one attached hydrogen (secondary N) is 1. The van der Waals surface area contributed by atoms with Gasteiger partial charge in [0, 0.05) is 15.3 Å². The Morgan fingerprint density at radius 3 is 2.60 bits per heavy atom. The quantitative estimate of drug-likeness (QED) is 0.807. The Morgan fingerprint density at radius 2 is 1.95 bits per heavy atom. The van der Waals surface area contributed by atoms with Gasteiger partial charge in [0.1, 0.15) is 5.75 Å². The van der Waals surface area contributed by atoms with Crippen molar-refractivity contribution in [1.82, 2.24) is 5.32 Å². The van der Waals surface area contributed by atoms with Crippen molar-refractivity contribution in [2.75, 3.05) is 13.2 Å². The smallest absolute Gasteiger partial charge is 0.124 e. The monoisotopic (exact) mass is 289 g/mol. The van der Waals surface area contributed by atoms with E-state index in [4.69, 9.17) is 4.74 Å². The molecule has 3 heteroatoms. The summed E-state index contributed by atoms with van der Waals surface area (Å²) in [5, 5.41) is 3.64. The predicted molar refractivity (Wildman–Crippen MR) is 86.8 cm³/mol. The largest absolute Gasteiger partial charge is 0.494 e. The van der Waals surface area contributed by atoms with E-state index >= 15 is 0 Å². The third kappa shape index (κ3) is 3.62. The molecule has 108 valence electrons. The van der Waals surface area contributed by atoms with Gasteiger partial charge in [-0.25, -0.2) is 0 Å². The fraction of sp³-hybridized carbons (Fsp3) is 0.412. The van der Waals surface area contributed by atoms with Crippen LogP contribution in [-0.4, -0.2) is 13.2 Å². The standard InChI is InChI=1S/C17H23NOS/c1-4-12-18-17(16-11-10-13(3)20-16)14-8-6-7-9-15(14)19-5-2/h6-11,17-18H,4-5,12H2,1-3H3. The van der Waals surface area contributed by atoms with Crippen LogP contribution in [0.5, 0.6) is 5.75 Å². The van der Waals surface area contributed by atoms with E-state index in [2.05, 4.69) is 49.5 Å². The number of hydrogen-bond acceptors (Lipinski definition) is 3. The van der Waals surface area contributed by atoms with Crippen LogP contribution in [0.2, 0.25) is 0 Å². The van der Waals surface area contributed by atoms with Gasteiger partial charge in [0.25, 0.3) is 0 Å². The zero-order valence-corrected chi connectivity index (χ0v) is 13.3. The van der Waals surface area contributed by atoms with Crippen LogP contribution in [0.25, 0.3) is 0 Å². The van der Waals surface area contributed by atoms with Gasteiger partial charge in [-0.05, 0) is 45.0 Å². The first kappa shape index (κ1) is 15.1. The molecule has 1 aromatic heterocycles. The molecule has 2 aromatic rings. The number of rotatable bonds is 7. The summed E-state index contributed by atoms with van der Waals surface area (Å²) in [5.41, 5.74) is 1.23. The molecular weight excluding hydrogens is 266 g/mol. The number of aryl methyl sites for hydroxylation is 1. The second-order valence-corrected chi connectivity index (χ2v) is 6.13. The molecule has 0 saturated carbocycles. The Kier molecular flexibility index (Phi) is 5.62. The Hall–Kier alpha value is -1.32. The molecule has 0 spiro atoms. The number of hydrogen-bond donors (Lipinski definition) is 1. The van der Waals surface area contributed by atoms with E-state index < -0.39 is 0 Å². The fourth-order valence-electron chi connectivity index (χ4n) is 2.27. The molecule has 20 heavy (non-hydrogen) atoms. The van der Waals surface area contributed by atoms with E-state index in [0.717, 1.165) is 18.7 Å². The molecule has 0 fully saturated rings. The van der Waals surface area contributed by atoms with Crippen molar-refractivity contribution in [2.24, 2.45) is 0 Å². The van der Waals surface area contributed by atoms with Crippen molar-refractivity contribution in [3.05, 3.63) is 51.7 Å². The van der Waals surface area contributed by atoms with Gasteiger partial charge in [0.15, 0.2) is 0 Å². The van der Waals surface area contributed by atoms with E-state index in [-0.39, 0.29) is 6.04 Å².